The number of amides is 1. The zero-order chi connectivity index (χ0) is 24.8. The molecule has 1 aliphatic carbocycles. The molecule has 8 nitrogen and oxygen atoms in total. The molecule has 0 bridgehead atoms. The Morgan fingerprint density at radius 1 is 1.24 bits per heavy atom. The summed E-state index contributed by atoms with van der Waals surface area (Å²) in [5, 5.41) is 21.4. The number of thiophene rings is 1. The van der Waals surface area contributed by atoms with Crippen molar-refractivity contribution >= 4 is 63.5 Å². The smallest absolute Gasteiger partial charge is 0.341 e. The number of benzene rings is 1. The molecule has 1 amide bonds. The molecule has 2 aromatic rings. The lowest BCUT2D eigenvalue weighted by Gasteiger charge is -2.12. The number of esters is 1. The summed E-state index contributed by atoms with van der Waals surface area (Å²) in [6.07, 6.45) is 4.77. The summed E-state index contributed by atoms with van der Waals surface area (Å²) in [6.45, 7) is 1.28. The standard InChI is InChI=1S/C23H20Cl2N2O6S/c1-2-32-23(31)19-14-5-3-4-6-17(14)34-22(19)27-21(30)13(10-26)7-12-8-15(24)20(16(25)9-12)33-11-18(28)29/h7-9H,2-6,11H2,1H3,(H,27,30)(H,28,29)/b13-7+. The minimum absolute atomic E-state index is 0.0194. The SMILES string of the molecule is CCOC(=O)c1c(NC(=O)/C(C#N)=C/c2cc(Cl)c(OCC(=O)O)c(Cl)c2)sc2c1CCCC2. The number of anilines is 1. The predicted molar refractivity (Wildman–Crippen MR) is 129 cm³/mol. The molecule has 0 saturated carbocycles. The highest BCUT2D eigenvalue weighted by Gasteiger charge is 2.28. The number of ether oxygens (including phenoxy) is 2. The van der Waals surface area contributed by atoms with Crippen LogP contribution in [0.3, 0.4) is 0 Å². The van der Waals surface area contributed by atoms with Crippen LogP contribution in [0.5, 0.6) is 5.75 Å². The van der Waals surface area contributed by atoms with Crippen molar-refractivity contribution < 1.29 is 29.0 Å². The van der Waals surface area contributed by atoms with E-state index in [0.717, 1.165) is 36.1 Å². The maximum atomic E-state index is 12.9. The molecule has 3 rings (SSSR count). The fourth-order valence-corrected chi connectivity index (χ4v) is 5.38. The quantitative estimate of drug-likeness (QED) is 0.280. The fraction of sp³-hybridized carbons (Fsp3) is 0.304. The molecule has 0 spiro atoms. The lowest BCUT2D eigenvalue weighted by Crippen LogP contribution is -2.16. The number of halogens is 2. The van der Waals surface area contributed by atoms with Gasteiger partial charge in [-0.1, -0.05) is 23.2 Å². The number of carboxylic acid groups (broad SMARTS) is 1. The number of fused-ring (bicyclic) bond motifs is 1. The van der Waals surface area contributed by atoms with E-state index in [9.17, 15) is 19.6 Å². The number of carbonyl (C=O) groups is 3. The second-order valence-electron chi connectivity index (χ2n) is 7.26. The van der Waals surface area contributed by atoms with Crippen molar-refractivity contribution in [3.05, 3.63) is 49.3 Å². The Morgan fingerprint density at radius 3 is 2.53 bits per heavy atom. The molecule has 1 heterocycles. The van der Waals surface area contributed by atoms with Crippen molar-refractivity contribution in [2.24, 2.45) is 0 Å². The van der Waals surface area contributed by atoms with Crippen molar-refractivity contribution in [2.75, 3.05) is 18.5 Å². The van der Waals surface area contributed by atoms with Gasteiger partial charge in [0.1, 0.15) is 16.6 Å². The van der Waals surface area contributed by atoms with Gasteiger partial charge in [0, 0.05) is 4.88 Å². The number of aliphatic carboxylic acids is 1. The summed E-state index contributed by atoms with van der Waals surface area (Å²) < 4.78 is 10.3. The van der Waals surface area contributed by atoms with Gasteiger partial charge in [0.25, 0.3) is 5.91 Å². The summed E-state index contributed by atoms with van der Waals surface area (Å²) in [4.78, 5) is 37.2. The maximum Gasteiger partial charge on any atom is 0.341 e. The fourth-order valence-electron chi connectivity index (χ4n) is 3.49. The monoisotopic (exact) mass is 522 g/mol. The van der Waals surface area contributed by atoms with Gasteiger partial charge in [0.15, 0.2) is 12.4 Å². The lowest BCUT2D eigenvalue weighted by molar-refractivity contribution is -0.139. The number of rotatable bonds is 8. The largest absolute Gasteiger partial charge is 0.479 e. The lowest BCUT2D eigenvalue weighted by atomic mass is 9.95. The molecule has 0 saturated heterocycles. The Bertz CT molecular complexity index is 1190. The van der Waals surface area contributed by atoms with E-state index in [-0.39, 0.29) is 28.0 Å². The van der Waals surface area contributed by atoms with Crippen LogP contribution in [0.1, 0.15) is 46.1 Å². The Kier molecular flexibility index (Phi) is 8.56. The summed E-state index contributed by atoms with van der Waals surface area (Å²) in [5.74, 6) is -2.42. The van der Waals surface area contributed by atoms with E-state index < -0.39 is 24.5 Å². The third-order valence-electron chi connectivity index (χ3n) is 4.91. The van der Waals surface area contributed by atoms with Gasteiger partial charge in [-0.15, -0.1) is 11.3 Å². The highest BCUT2D eigenvalue weighted by molar-refractivity contribution is 7.17. The second-order valence-corrected chi connectivity index (χ2v) is 9.18. The van der Waals surface area contributed by atoms with Crippen LogP contribution in [0.25, 0.3) is 6.08 Å². The molecule has 0 radical (unpaired) electrons. The molecule has 1 aliphatic rings. The summed E-state index contributed by atoms with van der Waals surface area (Å²) in [6, 6.07) is 4.63. The third-order valence-corrected chi connectivity index (χ3v) is 6.68. The van der Waals surface area contributed by atoms with Crippen molar-refractivity contribution in [1.82, 2.24) is 0 Å². The summed E-state index contributed by atoms with van der Waals surface area (Å²) in [5.41, 5.74) is 1.33. The van der Waals surface area contributed by atoms with Crippen LogP contribution in [0, 0.1) is 11.3 Å². The van der Waals surface area contributed by atoms with Crippen LogP contribution in [0.2, 0.25) is 10.0 Å². The van der Waals surface area contributed by atoms with Gasteiger partial charge in [0.05, 0.1) is 22.2 Å². The number of carbonyl (C=O) groups excluding carboxylic acids is 2. The highest BCUT2D eigenvalue weighted by Crippen LogP contribution is 2.39. The van der Waals surface area contributed by atoms with Gasteiger partial charge in [-0.3, -0.25) is 4.79 Å². The third kappa shape index (κ3) is 5.89. The van der Waals surface area contributed by atoms with Crippen molar-refractivity contribution in [3.8, 4) is 11.8 Å². The number of hydrogen-bond acceptors (Lipinski definition) is 7. The molecular formula is C23H20Cl2N2O6S. The highest BCUT2D eigenvalue weighted by atomic mass is 35.5. The molecule has 0 aliphatic heterocycles. The number of nitrogens with one attached hydrogen (secondary N) is 1. The molecule has 178 valence electrons. The predicted octanol–water partition coefficient (Wildman–Crippen LogP) is 5.12. The topological polar surface area (TPSA) is 126 Å². The van der Waals surface area contributed by atoms with Gasteiger partial charge in [-0.2, -0.15) is 5.26 Å². The minimum Gasteiger partial charge on any atom is -0.479 e. The number of carboxylic acids is 1. The van der Waals surface area contributed by atoms with E-state index in [1.165, 1.54) is 29.5 Å². The van der Waals surface area contributed by atoms with E-state index in [4.69, 9.17) is 37.8 Å². The number of aryl methyl sites for hydroxylation is 1. The molecule has 2 N–H and O–H groups in total. The summed E-state index contributed by atoms with van der Waals surface area (Å²) in [7, 11) is 0. The molecular weight excluding hydrogens is 503 g/mol. The zero-order valence-electron chi connectivity index (χ0n) is 18.1. The van der Waals surface area contributed by atoms with Gasteiger partial charge in [0.2, 0.25) is 0 Å². The van der Waals surface area contributed by atoms with Crippen molar-refractivity contribution in [2.45, 2.75) is 32.6 Å². The van der Waals surface area contributed by atoms with Crippen LogP contribution >= 0.6 is 34.5 Å². The molecule has 34 heavy (non-hydrogen) atoms. The first-order valence-electron chi connectivity index (χ1n) is 10.3. The average molecular weight is 523 g/mol. The van der Waals surface area contributed by atoms with Gasteiger partial charge >= 0.3 is 11.9 Å². The molecule has 0 unspecified atom stereocenters. The zero-order valence-corrected chi connectivity index (χ0v) is 20.4. The molecule has 0 fully saturated rings. The normalized spacial score (nSPS) is 12.9. The van der Waals surface area contributed by atoms with Gasteiger partial charge < -0.3 is 19.9 Å². The Labute approximate surface area is 209 Å². The Morgan fingerprint density at radius 2 is 1.91 bits per heavy atom. The molecule has 1 aromatic heterocycles. The van der Waals surface area contributed by atoms with Crippen LogP contribution in [0.4, 0.5) is 5.00 Å². The molecule has 0 atom stereocenters. The first-order valence-corrected chi connectivity index (χ1v) is 11.9. The number of nitriles is 1. The van der Waals surface area contributed by atoms with E-state index in [2.05, 4.69) is 5.32 Å². The molecule has 11 heteroatoms. The van der Waals surface area contributed by atoms with E-state index >= 15 is 0 Å². The van der Waals surface area contributed by atoms with E-state index in [1.54, 1.807) is 6.92 Å². The number of hydrogen-bond donors (Lipinski definition) is 2. The average Bonchev–Trinajstić information content (AvgIpc) is 3.14. The van der Waals surface area contributed by atoms with Crippen molar-refractivity contribution in [3.63, 3.8) is 0 Å². The molecule has 1 aromatic carbocycles. The maximum absolute atomic E-state index is 12.9. The van der Waals surface area contributed by atoms with E-state index in [0.29, 0.717) is 16.1 Å². The van der Waals surface area contributed by atoms with Crippen LogP contribution in [-0.2, 0) is 27.2 Å². The number of nitrogens with zero attached hydrogens (tertiary/aromatic N) is 1. The van der Waals surface area contributed by atoms with Gasteiger partial charge in [-0.05, 0) is 61.9 Å². The minimum atomic E-state index is -1.20. The first kappa shape index (κ1) is 25.6. The Hall–Kier alpha value is -3.06. The van der Waals surface area contributed by atoms with Crippen molar-refractivity contribution in [1.29, 1.82) is 5.26 Å². The summed E-state index contributed by atoms with van der Waals surface area (Å²) >= 11 is 13.6. The van der Waals surface area contributed by atoms with E-state index in [1.807, 2.05) is 6.07 Å². The Balaban J connectivity index is 1.89. The van der Waals surface area contributed by atoms with Crippen LogP contribution in [-0.4, -0.2) is 36.2 Å². The van der Waals surface area contributed by atoms with Gasteiger partial charge in [-0.25, -0.2) is 9.59 Å². The van der Waals surface area contributed by atoms with Crippen LogP contribution < -0.4 is 10.1 Å². The van der Waals surface area contributed by atoms with Crippen LogP contribution in [0.15, 0.2) is 17.7 Å². The second kappa shape index (κ2) is 11.4. The first-order chi connectivity index (χ1) is 16.2.